The van der Waals surface area contributed by atoms with Crippen LogP contribution in [-0.4, -0.2) is 41.3 Å². The van der Waals surface area contributed by atoms with Crippen molar-refractivity contribution in [3.63, 3.8) is 0 Å². The molecule has 0 saturated carbocycles. The maximum absolute atomic E-state index is 12.8. The zero-order valence-corrected chi connectivity index (χ0v) is 17.5. The monoisotopic (exact) mass is 422 g/mol. The Labute approximate surface area is 181 Å². The average molecular weight is 422 g/mol. The fourth-order valence-corrected chi connectivity index (χ4v) is 3.75. The largest absolute Gasteiger partial charge is 0.460 e. The molecule has 7 heteroatoms. The van der Waals surface area contributed by atoms with Crippen LogP contribution in [0.2, 0.25) is 0 Å². The second kappa shape index (κ2) is 10.6. The second-order valence-electron chi connectivity index (χ2n) is 7.59. The number of benzene rings is 2. The van der Waals surface area contributed by atoms with E-state index in [2.05, 4.69) is 4.90 Å². The molecule has 31 heavy (non-hydrogen) atoms. The maximum Gasteiger partial charge on any atom is 0.341 e. The summed E-state index contributed by atoms with van der Waals surface area (Å²) in [6.45, 7) is 3.27. The lowest BCUT2D eigenvalue weighted by atomic mass is 10.0. The summed E-state index contributed by atoms with van der Waals surface area (Å²) in [7, 11) is 0. The molecule has 1 unspecified atom stereocenters. The first kappa shape index (κ1) is 22.4. The smallest absolute Gasteiger partial charge is 0.341 e. The molecule has 2 aromatic carbocycles. The van der Waals surface area contributed by atoms with Gasteiger partial charge in [-0.3, -0.25) is 19.8 Å². The third-order valence-corrected chi connectivity index (χ3v) is 5.38. The van der Waals surface area contributed by atoms with E-state index in [-0.39, 0.29) is 23.9 Å². The number of piperidine rings is 1. The third-order valence-electron chi connectivity index (χ3n) is 5.38. The fraction of sp³-hybridized carbons (Fsp3) is 0.333. The number of hydrogen-bond acceptors (Lipinski definition) is 6. The molecule has 7 nitrogen and oxygen atoms in total. The zero-order chi connectivity index (χ0) is 22.2. The average Bonchev–Trinajstić information content (AvgIpc) is 2.79. The molecule has 0 N–H and O–H groups in total. The Morgan fingerprint density at radius 1 is 1.10 bits per heavy atom. The topological polar surface area (TPSA) is 89.8 Å². The summed E-state index contributed by atoms with van der Waals surface area (Å²) in [6.07, 6.45) is 4.74. The first-order valence-corrected chi connectivity index (χ1v) is 10.4. The lowest BCUT2D eigenvalue weighted by molar-refractivity contribution is -0.384. The predicted molar refractivity (Wildman–Crippen MR) is 117 cm³/mol. The Morgan fingerprint density at radius 3 is 2.45 bits per heavy atom. The number of carbonyl (C=O) groups excluding carboxylic acids is 2. The Morgan fingerprint density at radius 2 is 1.81 bits per heavy atom. The van der Waals surface area contributed by atoms with Crippen LogP contribution in [0.3, 0.4) is 0 Å². The van der Waals surface area contributed by atoms with Crippen molar-refractivity contribution in [3.05, 3.63) is 81.4 Å². The van der Waals surface area contributed by atoms with Crippen LogP contribution >= 0.6 is 0 Å². The van der Waals surface area contributed by atoms with Gasteiger partial charge in [-0.2, -0.15) is 0 Å². The standard InChI is InChI=1S/C24H26N2O5/c1-18(27)22(16-19-9-8-12-21(15-19)26(29)30)24(28)31-17-23(20-10-4-2-5-11-20)25-13-6-3-7-14-25/h2,4-5,8-12,15-16,23H,3,6-7,13-14,17H2,1H3/b22-16+. The number of ether oxygens (including phenoxy) is 1. The molecule has 1 atom stereocenters. The van der Waals surface area contributed by atoms with E-state index in [1.54, 1.807) is 6.07 Å². The van der Waals surface area contributed by atoms with Gasteiger partial charge in [0.2, 0.25) is 0 Å². The molecule has 1 aliphatic rings. The van der Waals surface area contributed by atoms with Crippen molar-refractivity contribution in [1.82, 2.24) is 4.90 Å². The van der Waals surface area contributed by atoms with Gasteiger partial charge in [-0.05, 0) is 50.1 Å². The first-order chi connectivity index (χ1) is 15.0. The molecule has 1 heterocycles. The number of likely N-dealkylation sites (tertiary alicyclic amines) is 1. The first-order valence-electron chi connectivity index (χ1n) is 10.4. The fourth-order valence-electron chi connectivity index (χ4n) is 3.75. The number of esters is 1. The van der Waals surface area contributed by atoms with Crippen LogP contribution in [0.25, 0.3) is 6.08 Å². The van der Waals surface area contributed by atoms with Crippen LogP contribution in [-0.2, 0) is 14.3 Å². The summed E-state index contributed by atoms with van der Waals surface area (Å²) in [5.74, 6) is -1.18. The van der Waals surface area contributed by atoms with Crippen molar-refractivity contribution >= 4 is 23.5 Å². The number of nitro benzene ring substituents is 1. The highest BCUT2D eigenvalue weighted by atomic mass is 16.6. The Kier molecular flexibility index (Phi) is 7.67. The summed E-state index contributed by atoms with van der Waals surface area (Å²) >= 11 is 0. The molecule has 0 bridgehead atoms. The van der Waals surface area contributed by atoms with Crippen LogP contribution in [0.1, 0.15) is 43.4 Å². The van der Waals surface area contributed by atoms with Crippen LogP contribution in [0.15, 0.2) is 60.2 Å². The van der Waals surface area contributed by atoms with Gasteiger partial charge < -0.3 is 4.74 Å². The van der Waals surface area contributed by atoms with Crippen molar-refractivity contribution in [2.24, 2.45) is 0 Å². The van der Waals surface area contributed by atoms with Crippen molar-refractivity contribution in [1.29, 1.82) is 0 Å². The van der Waals surface area contributed by atoms with Gasteiger partial charge in [-0.15, -0.1) is 0 Å². The maximum atomic E-state index is 12.8. The molecular formula is C24H26N2O5. The number of nitrogens with zero attached hydrogens (tertiary/aromatic N) is 2. The van der Waals surface area contributed by atoms with Crippen LogP contribution in [0.5, 0.6) is 0 Å². The normalized spacial score (nSPS) is 15.8. The summed E-state index contributed by atoms with van der Waals surface area (Å²) in [5, 5.41) is 11.0. The van der Waals surface area contributed by atoms with Crippen molar-refractivity contribution in [3.8, 4) is 0 Å². The van der Waals surface area contributed by atoms with Gasteiger partial charge >= 0.3 is 5.97 Å². The van der Waals surface area contributed by atoms with Gasteiger partial charge in [-0.1, -0.05) is 48.9 Å². The number of nitro groups is 1. The summed E-state index contributed by atoms with van der Waals surface area (Å²) in [6, 6.07) is 15.6. The lowest BCUT2D eigenvalue weighted by Crippen LogP contribution is -2.36. The van der Waals surface area contributed by atoms with Gasteiger partial charge in [0.1, 0.15) is 12.2 Å². The number of rotatable bonds is 8. The molecule has 0 aliphatic carbocycles. The van der Waals surface area contributed by atoms with E-state index < -0.39 is 16.7 Å². The van der Waals surface area contributed by atoms with Gasteiger partial charge in [0, 0.05) is 12.1 Å². The third kappa shape index (κ3) is 6.08. The minimum absolute atomic E-state index is 0.0866. The Balaban J connectivity index is 1.78. The molecule has 0 spiro atoms. The highest BCUT2D eigenvalue weighted by molar-refractivity contribution is 6.19. The minimum Gasteiger partial charge on any atom is -0.460 e. The molecular weight excluding hydrogens is 396 g/mol. The van der Waals surface area contributed by atoms with E-state index in [0.29, 0.717) is 5.56 Å². The molecule has 1 aliphatic heterocycles. The quantitative estimate of drug-likeness (QED) is 0.157. The van der Waals surface area contributed by atoms with E-state index in [1.807, 2.05) is 30.3 Å². The Bertz CT molecular complexity index is 965. The van der Waals surface area contributed by atoms with Gasteiger partial charge in [0.15, 0.2) is 5.78 Å². The van der Waals surface area contributed by atoms with E-state index in [9.17, 15) is 19.7 Å². The van der Waals surface area contributed by atoms with E-state index in [0.717, 1.165) is 31.5 Å². The number of ketones is 1. The van der Waals surface area contributed by atoms with Crippen LogP contribution in [0, 0.1) is 10.1 Å². The molecule has 162 valence electrons. The number of carbonyl (C=O) groups is 2. The predicted octanol–water partition coefficient (Wildman–Crippen LogP) is 4.34. The van der Waals surface area contributed by atoms with Gasteiger partial charge in [0.05, 0.1) is 11.0 Å². The summed E-state index contributed by atoms with van der Waals surface area (Å²) < 4.78 is 5.58. The number of Topliss-reactive ketones (excluding diaryl/α,β-unsaturated/α-hetero) is 1. The van der Waals surface area contributed by atoms with Crippen LogP contribution in [0.4, 0.5) is 5.69 Å². The summed E-state index contributed by atoms with van der Waals surface area (Å²) in [5.41, 5.74) is 1.21. The molecule has 1 fully saturated rings. The lowest BCUT2D eigenvalue weighted by Gasteiger charge is -2.34. The molecule has 2 aromatic rings. The van der Waals surface area contributed by atoms with E-state index in [4.69, 9.17) is 4.74 Å². The van der Waals surface area contributed by atoms with E-state index in [1.165, 1.54) is 37.6 Å². The van der Waals surface area contributed by atoms with Crippen molar-refractivity contribution in [2.75, 3.05) is 19.7 Å². The highest BCUT2D eigenvalue weighted by Gasteiger charge is 2.25. The molecule has 0 radical (unpaired) electrons. The van der Waals surface area contributed by atoms with E-state index >= 15 is 0 Å². The summed E-state index contributed by atoms with van der Waals surface area (Å²) in [4.78, 5) is 37.7. The van der Waals surface area contributed by atoms with Gasteiger partial charge in [0.25, 0.3) is 5.69 Å². The van der Waals surface area contributed by atoms with Gasteiger partial charge in [-0.25, -0.2) is 4.79 Å². The second-order valence-corrected chi connectivity index (χ2v) is 7.59. The molecule has 1 saturated heterocycles. The molecule has 0 amide bonds. The van der Waals surface area contributed by atoms with Crippen molar-refractivity contribution in [2.45, 2.75) is 32.2 Å². The number of non-ortho nitro benzene ring substituents is 1. The SMILES string of the molecule is CC(=O)/C(=C\c1cccc([N+](=O)[O-])c1)C(=O)OCC(c1ccccc1)N1CCCCC1. The highest BCUT2D eigenvalue weighted by Crippen LogP contribution is 2.25. The van der Waals surface area contributed by atoms with Crippen molar-refractivity contribution < 1.29 is 19.2 Å². The number of hydrogen-bond donors (Lipinski definition) is 0. The molecule has 0 aromatic heterocycles. The minimum atomic E-state index is -0.725. The van der Waals surface area contributed by atoms with Crippen LogP contribution < -0.4 is 0 Å². The molecule has 3 rings (SSSR count). The Hall–Kier alpha value is -3.32. The zero-order valence-electron chi connectivity index (χ0n) is 17.5.